The number of nitrogens with zero attached hydrogens (tertiary/aromatic N) is 1. The van der Waals surface area contributed by atoms with Crippen molar-refractivity contribution in [2.45, 2.75) is 34.2 Å². The molecule has 1 aromatic carbocycles. The van der Waals surface area contributed by atoms with Crippen LogP contribution in [0.5, 0.6) is 0 Å². The fraction of sp³-hybridized carbons (Fsp3) is 0.333. The number of hydrogen-bond donors (Lipinski definition) is 0. The summed E-state index contributed by atoms with van der Waals surface area (Å²) < 4.78 is 6.77. The summed E-state index contributed by atoms with van der Waals surface area (Å²) in [5.74, 6) is -0.585. The lowest BCUT2D eigenvalue weighted by Gasteiger charge is -2.11. The molecule has 0 aliphatic heterocycles. The Morgan fingerprint density at radius 3 is 2.64 bits per heavy atom. The van der Waals surface area contributed by atoms with E-state index in [-0.39, 0.29) is 17.6 Å². The minimum Gasteiger partial charge on any atom is -0.462 e. The van der Waals surface area contributed by atoms with Crippen molar-refractivity contribution >= 4 is 16.9 Å². The highest BCUT2D eigenvalue weighted by Crippen LogP contribution is 2.14. The van der Waals surface area contributed by atoms with Gasteiger partial charge in [0, 0.05) is 18.1 Å². The van der Waals surface area contributed by atoms with E-state index in [0.717, 1.165) is 11.1 Å². The Kier molecular flexibility index (Phi) is 6.57. The Labute approximate surface area is 131 Å². The van der Waals surface area contributed by atoms with Gasteiger partial charge in [0.25, 0.3) is 0 Å². The molecule has 0 amide bonds. The zero-order valence-electron chi connectivity index (χ0n) is 13.7. The number of aryl methyl sites for hydroxylation is 1. The molecular formula is C18H23NO3. The number of pyridine rings is 1. The zero-order chi connectivity index (χ0) is 16.7. The van der Waals surface area contributed by atoms with Crippen molar-refractivity contribution in [1.82, 2.24) is 4.57 Å². The molecule has 4 nitrogen and oxygen atoms in total. The minimum atomic E-state index is -0.585. The Bertz CT molecular complexity index is 729. The van der Waals surface area contributed by atoms with Gasteiger partial charge in [-0.05, 0) is 26.0 Å². The molecule has 118 valence electrons. The summed E-state index contributed by atoms with van der Waals surface area (Å²) in [5.41, 5.74) is 1.53. The van der Waals surface area contributed by atoms with Crippen LogP contribution < -0.4 is 5.43 Å². The van der Waals surface area contributed by atoms with Crippen molar-refractivity contribution in [3.05, 3.63) is 58.4 Å². The first-order valence-corrected chi connectivity index (χ1v) is 7.50. The Morgan fingerprint density at radius 1 is 1.36 bits per heavy atom. The van der Waals surface area contributed by atoms with Crippen LogP contribution in [0, 0.1) is 6.92 Å². The summed E-state index contributed by atoms with van der Waals surface area (Å²) in [4.78, 5) is 24.3. The maximum Gasteiger partial charge on any atom is 0.343 e. The lowest BCUT2D eigenvalue weighted by molar-refractivity contribution is 0.0524. The SMILES string of the molecule is C=CCn1cc(C(=O)OCC)c(=O)c2cc(C)ccc21.CC. The normalized spacial score (nSPS) is 9.82. The van der Waals surface area contributed by atoms with Gasteiger partial charge in [-0.3, -0.25) is 4.79 Å². The van der Waals surface area contributed by atoms with Gasteiger partial charge in [-0.15, -0.1) is 6.58 Å². The maximum atomic E-state index is 12.4. The summed E-state index contributed by atoms with van der Waals surface area (Å²) in [6.07, 6.45) is 3.26. The van der Waals surface area contributed by atoms with E-state index >= 15 is 0 Å². The topological polar surface area (TPSA) is 48.3 Å². The standard InChI is InChI=1S/C16H17NO3.C2H6/c1-4-8-17-10-13(16(19)20-5-2)15(18)12-9-11(3)6-7-14(12)17;1-2/h4,6-7,9-10H,1,5,8H2,2-3H3;1-2H3. The van der Waals surface area contributed by atoms with Crippen LogP contribution in [-0.2, 0) is 11.3 Å². The van der Waals surface area contributed by atoms with Gasteiger partial charge < -0.3 is 9.30 Å². The number of esters is 1. The quantitative estimate of drug-likeness (QED) is 0.639. The van der Waals surface area contributed by atoms with Crippen LogP contribution >= 0.6 is 0 Å². The number of ether oxygens (including phenoxy) is 1. The average molecular weight is 301 g/mol. The van der Waals surface area contributed by atoms with Gasteiger partial charge in [0.1, 0.15) is 5.56 Å². The molecule has 0 aliphatic carbocycles. The first-order valence-electron chi connectivity index (χ1n) is 7.50. The van der Waals surface area contributed by atoms with Crippen molar-refractivity contribution in [1.29, 1.82) is 0 Å². The second kappa shape index (κ2) is 8.17. The number of carbonyl (C=O) groups is 1. The molecule has 0 fully saturated rings. The maximum absolute atomic E-state index is 12.4. The average Bonchev–Trinajstić information content (AvgIpc) is 2.52. The highest BCUT2D eigenvalue weighted by Gasteiger charge is 2.16. The molecule has 0 saturated heterocycles. The lowest BCUT2D eigenvalue weighted by Crippen LogP contribution is -2.20. The molecule has 4 heteroatoms. The number of allylic oxidation sites excluding steroid dienone is 1. The molecular weight excluding hydrogens is 278 g/mol. The fourth-order valence-corrected chi connectivity index (χ4v) is 2.16. The van der Waals surface area contributed by atoms with E-state index in [1.807, 2.05) is 37.5 Å². The molecule has 0 aliphatic rings. The van der Waals surface area contributed by atoms with Crippen molar-refractivity contribution in [3.8, 4) is 0 Å². The summed E-state index contributed by atoms with van der Waals surface area (Å²) in [6, 6.07) is 5.61. The van der Waals surface area contributed by atoms with E-state index in [1.165, 1.54) is 0 Å². The van der Waals surface area contributed by atoms with Gasteiger partial charge in [0.15, 0.2) is 0 Å². The second-order valence-corrected chi connectivity index (χ2v) is 4.55. The van der Waals surface area contributed by atoms with Crippen LogP contribution in [0.1, 0.15) is 36.7 Å². The van der Waals surface area contributed by atoms with Crippen LogP contribution in [0.25, 0.3) is 10.9 Å². The largest absolute Gasteiger partial charge is 0.462 e. The van der Waals surface area contributed by atoms with Gasteiger partial charge in [-0.2, -0.15) is 0 Å². The fourth-order valence-electron chi connectivity index (χ4n) is 2.16. The molecule has 0 saturated carbocycles. The molecule has 0 radical (unpaired) electrons. The van der Waals surface area contributed by atoms with E-state index in [1.54, 1.807) is 25.3 Å². The summed E-state index contributed by atoms with van der Waals surface area (Å²) >= 11 is 0. The number of hydrogen-bond acceptors (Lipinski definition) is 3. The van der Waals surface area contributed by atoms with Crippen molar-refractivity contribution in [2.24, 2.45) is 0 Å². The Morgan fingerprint density at radius 2 is 2.05 bits per heavy atom. The van der Waals surface area contributed by atoms with E-state index in [0.29, 0.717) is 11.9 Å². The third-order valence-electron chi connectivity index (χ3n) is 3.06. The monoisotopic (exact) mass is 301 g/mol. The van der Waals surface area contributed by atoms with Gasteiger partial charge in [-0.25, -0.2) is 4.79 Å². The van der Waals surface area contributed by atoms with Crippen LogP contribution in [0.4, 0.5) is 0 Å². The van der Waals surface area contributed by atoms with E-state index in [4.69, 9.17) is 4.74 Å². The first kappa shape index (κ1) is 17.7. The number of fused-ring (bicyclic) bond motifs is 1. The highest BCUT2D eigenvalue weighted by atomic mass is 16.5. The van der Waals surface area contributed by atoms with E-state index in [9.17, 15) is 9.59 Å². The zero-order valence-corrected chi connectivity index (χ0v) is 13.7. The first-order chi connectivity index (χ1) is 10.6. The number of rotatable bonds is 4. The number of carbonyl (C=O) groups excluding carboxylic acids is 1. The van der Waals surface area contributed by atoms with Gasteiger partial charge >= 0.3 is 5.97 Å². The highest BCUT2D eigenvalue weighted by molar-refractivity contribution is 5.93. The van der Waals surface area contributed by atoms with Crippen LogP contribution in [-0.4, -0.2) is 17.1 Å². The second-order valence-electron chi connectivity index (χ2n) is 4.55. The molecule has 0 bridgehead atoms. The van der Waals surface area contributed by atoms with Gasteiger partial charge in [0.05, 0.1) is 12.1 Å². The van der Waals surface area contributed by atoms with Crippen molar-refractivity contribution in [3.63, 3.8) is 0 Å². The summed E-state index contributed by atoms with van der Waals surface area (Å²) in [7, 11) is 0. The van der Waals surface area contributed by atoms with Gasteiger partial charge in [0.2, 0.25) is 5.43 Å². The van der Waals surface area contributed by atoms with Crippen molar-refractivity contribution < 1.29 is 9.53 Å². The van der Waals surface area contributed by atoms with Gasteiger partial charge in [-0.1, -0.05) is 31.6 Å². The van der Waals surface area contributed by atoms with E-state index < -0.39 is 5.97 Å². The molecule has 0 unspecified atom stereocenters. The Hall–Kier alpha value is -2.36. The number of benzene rings is 1. The molecule has 2 rings (SSSR count). The molecule has 22 heavy (non-hydrogen) atoms. The van der Waals surface area contributed by atoms with E-state index in [2.05, 4.69) is 6.58 Å². The molecule has 0 spiro atoms. The predicted octanol–water partition coefficient (Wildman–Crippen LogP) is 3.70. The smallest absolute Gasteiger partial charge is 0.343 e. The third-order valence-corrected chi connectivity index (χ3v) is 3.06. The Balaban J connectivity index is 0.00000116. The van der Waals surface area contributed by atoms with Crippen LogP contribution in [0.2, 0.25) is 0 Å². The molecule has 0 N–H and O–H groups in total. The third kappa shape index (κ3) is 3.64. The van der Waals surface area contributed by atoms with Crippen molar-refractivity contribution in [2.75, 3.05) is 6.61 Å². The molecule has 2 aromatic rings. The molecule has 0 atom stereocenters. The predicted molar refractivity (Wildman–Crippen MR) is 90.4 cm³/mol. The minimum absolute atomic E-state index is 0.0619. The molecule has 1 aromatic heterocycles. The number of aromatic nitrogens is 1. The summed E-state index contributed by atoms with van der Waals surface area (Å²) in [6.45, 7) is 12.1. The van der Waals surface area contributed by atoms with Crippen LogP contribution in [0.15, 0.2) is 41.8 Å². The summed E-state index contributed by atoms with van der Waals surface area (Å²) in [5, 5.41) is 0.525. The lowest BCUT2D eigenvalue weighted by atomic mass is 10.1. The van der Waals surface area contributed by atoms with Crippen LogP contribution in [0.3, 0.4) is 0 Å². The molecule has 1 heterocycles.